The summed E-state index contributed by atoms with van der Waals surface area (Å²) in [5.41, 5.74) is 7.52. The second kappa shape index (κ2) is 6.62. The molecule has 0 saturated carbocycles. The largest absolute Gasteiger partial charge is 0.322 e. The van der Waals surface area contributed by atoms with Crippen LogP contribution < -0.4 is 11.3 Å². The second-order valence-electron chi connectivity index (χ2n) is 6.60. The van der Waals surface area contributed by atoms with Gasteiger partial charge in [-0.3, -0.25) is 9.00 Å². The minimum absolute atomic E-state index is 0.178. The Balaban J connectivity index is 2.38. The summed E-state index contributed by atoms with van der Waals surface area (Å²) >= 11 is 0. The maximum atomic E-state index is 12.8. The van der Waals surface area contributed by atoms with E-state index in [-0.39, 0.29) is 10.7 Å². The van der Waals surface area contributed by atoms with Gasteiger partial charge in [-0.15, -0.1) is 6.58 Å². The maximum absolute atomic E-state index is 12.8. The summed E-state index contributed by atoms with van der Waals surface area (Å²) in [6.07, 6.45) is 4.57. The minimum Gasteiger partial charge on any atom is -0.322 e. The van der Waals surface area contributed by atoms with Crippen molar-refractivity contribution in [1.29, 1.82) is 0 Å². The van der Waals surface area contributed by atoms with Crippen LogP contribution in [-0.4, -0.2) is 29.8 Å². The number of fused-ring (bicyclic) bond motifs is 1. The van der Waals surface area contributed by atoms with E-state index in [9.17, 15) is 9.00 Å². The number of hydrogen-bond acceptors (Lipinski definition) is 5. The molecule has 0 aliphatic carbocycles. The molecular weight excluding hydrogens is 350 g/mol. The molecule has 26 heavy (non-hydrogen) atoms. The zero-order valence-electron chi connectivity index (χ0n) is 15.0. The van der Waals surface area contributed by atoms with Crippen molar-refractivity contribution in [2.45, 2.75) is 31.1 Å². The number of allylic oxidation sites excluding steroid dienone is 1. The second-order valence-corrected chi connectivity index (χ2v) is 7.88. The molecule has 0 amide bonds. The standard InChI is InChI=1S/C18H21N5O2S/c1-5-9-22-16(24)14-11-20-17(26(4)25)21-15(14)23(22)13-8-6-7-12(10-13)18(2,3)19/h5-8,10-11H,1,9,19H2,2-4H3. The van der Waals surface area contributed by atoms with Gasteiger partial charge < -0.3 is 5.73 Å². The van der Waals surface area contributed by atoms with Crippen LogP contribution in [0.25, 0.3) is 16.7 Å². The Bertz CT molecular complexity index is 1080. The highest BCUT2D eigenvalue weighted by Crippen LogP contribution is 2.22. The van der Waals surface area contributed by atoms with Crippen LogP contribution in [0.3, 0.4) is 0 Å². The summed E-state index contributed by atoms with van der Waals surface area (Å²) < 4.78 is 15.0. The maximum Gasteiger partial charge on any atom is 0.278 e. The first kappa shape index (κ1) is 18.2. The highest BCUT2D eigenvalue weighted by atomic mass is 32.2. The van der Waals surface area contributed by atoms with Crippen LogP contribution in [0.5, 0.6) is 0 Å². The van der Waals surface area contributed by atoms with Crippen LogP contribution in [0.4, 0.5) is 0 Å². The quantitative estimate of drug-likeness (QED) is 0.544. The van der Waals surface area contributed by atoms with E-state index in [4.69, 9.17) is 5.73 Å². The van der Waals surface area contributed by atoms with E-state index in [0.29, 0.717) is 17.6 Å². The monoisotopic (exact) mass is 371 g/mol. The molecule has 1 unspecified atom stereocenters. The van der Waals surface area contributed by atoms with Gasteiger partial charge in [-0.25, -0.2) is 19.3 Å². The molecular formula is C18H21N5O2S. The molecule has 3 rings (SSSR count). The predicted molar refractivity (Wildman–Crippen MR) is 103 cm³/mol. The molecule has 0 spiro atoms. The fourth-order valence-electron chi connectivity index (χ4n) is 2.74. The lowest BCUT2D eigenvalue weighted by atomic mass is 9.95. The zero-order chi connectivity index (χ0) is 19.1. The molecule has 7 nitrogen and oxygen atoms in total. The van der Waals surface area contributed by atoms with Gasteiger partial charge in [-0.05, 0) is 31.5 Å². The van der Waals surface area contributed by atoms with E-state index < -0.39 is 16.3 Å². The molecule has 1 atom stereocenters. The van der Waals surface area contributed by atoms with Gasteiger partial charge in [0.1, 0.15) is 5.39 Å². The van der Waals surface area contributed by atoms with Crippen molar-refractivity contribution < 1.29 is 4.21 Å². The summed E-state index contributed by atoms with van der Waals surface area (Å²) in [5, 5.41) is 0.538. The van der Waals surface area contributed by atoms with Gasteiger partial charge in [0.2, 0.25) is 5.16 Å². The van der Waals surface area contributed by atoms with Crippen LogP contribution in [0.1, 0.15) is 19.4 Å². The molecule has 3 aromatic rings. The van der Waals surface area contributed by atoms with Gasteiger partial charge >= 0.3 is 0 Å². The Kier molecular flexibility index (Phi) is 4.64. The fraction of sp³-hybridized carbons (Fsp3) is 0.278. The first-order valence-electron chi connectivity index (χ1n) is 8.06. The van der Waals surface area contributed by atoms with Crippen molar-refractivity contribution in [2.24, 2.45) is 5.73 Å². The van der Waals surface area contributed by atoms with E-state index in [0.717, 1.165) is 11.3 Å². The summed E-state index contributed by atoms with van der Waals surface area (Å²) in [7, 11) is -1.36. The molecule has 0 saturated heterocycles. The predicted octanol–water partition coefficient (Wildman–Crippen LogP) is 1.70. The lowest BCUT2D eigenvalue weighted by Gasteiger charge is -2.20. The Morgan fingerprint density at radius 1 is 1.38 bits per heavy atom. The van der Waals surface area contributed by atoms with Crippen molar-refractivity contribution in [2.75, 3.05) is 6.26 Å². The summed E-state index contributed by atoms with van der Waals surface area (Å²) in [6.45, 7) is 7.86. The van der Waals surface area contributed by atoms with Crippen LogP contribution in [0.15, 0.2) is 53.1 Å². The third-order valence-electron chi connectivity index (χ3n) is 4.05. The van der Waals surface area contributed by atoms with Crippen LogP contribution in [0, 0.1) is 0 Å². The van der Waals surface area contributed by atoms with E-state index in [2.05, 4.69) is 16.5 Å². The molecule has 0 radical (unpaired) electrons. The summed E-state index contributed by atoms with van der Waals surface area (Å²) in [4.78, 5) is 21.2. The smallest absolute Gasteiger partial charge is 0.278 e. The third-order valence-corrected chi connectivity index (χ3v) is 4.76. The SMILES string of the molecule is C=CCn1c(=O)c2cnc(S(C)=O)nc2n1-c1cccc(C(C)(C)N)c1. The highest BCUT2D eigenvalue weighted by Gasteiger charge is 2.20. The van der Waals surface area contributed by atoms with E-state index in [1.165, 1.54) is 17.1 Å². The molecule has 136 valence electrons. The molecule has 1 aromatic carbocycles. The Morgan fingerprint density at radius 2 is 2.12 bits per heavy atom. The van der Waals surface area contributed by atoms with Crippen LogP contribution in [-0.2, 0) is 22.9 Å². The molecule has 0 aliphatic rings. The zero-order valence-corrected chi connectivity index (χ0v) is 15.8. The van der Waals surface area contributed by atoms with Crippen molar-refractivity contribution in [1.82, 2.24) is 19.3 Å². The van der Waals surface area contributed by atoms with Gasteiger partial charge in [0.25, 0.3) is 5.56 Å². The molecule has 2 aromatic heterocycles. The number of aromatic nitrogens is 4. The topological polar surface area (TPSA) is 95.8 Å². The number of rotatable bonds is 5. The van der Waals surface area contributed by atoms with Gasteiger partial charge in [0.05, 0.1) is 23.0 Å². The normalized spacial score (nSPS) is 13.1. The van der Waals surface area contributed by atoms with Crippen molar-refractivity contribution in [3.8, 4) is 5.69 Å². The minimum atomic E-state index is -1.36. The lowest BCUT2D eigenvalue weighted by Crippen LogP contribution is -2.29. The van der Waals surface area contributed by atoms with Crippen LogP contribution >= 0.6 is 0 Å². The van der Waals surface area contributed by atoms with Crippen molar-refractivity contribution in [3.05, 3.63) is 59.0 Å². The molecule has 2 heterocycles. The average Bonchev–Trinajstić information content (AvgIpc) is 2.86. The van der Waals surface area contributed by atoms with E-state index in [1.54, 1.807) is 10.8 Å². The first-order chi connectivity index (χ1) is 12.2. The van der Waals surface area contributed by atoms with Gasteiger partial charge in [-0.1, -0.05) is 18.2 Å². The molecule has 0 fully saturated rings. The van der Waals surface area contributed by atoms with E-state index in [1.807, 2.05) is 38.1 Å². The van der Waals surface area contributed by atoms with Gasteiger partial charge in [-0.2, -0.15) is 0 Å². The summed E-state index contributed by atoms with van der Waals surface area (Å²) in [6, 6.07) is 7.61. The Hall–Kier alpha value is -2.58. The van der Waals surface area contributed by atoms with E-state index >= 15 is 0 Å². The molecule has 8 heteroatoms. The van der Waals surface area contributed by atoms with Gasteiger partial charge in [0, 0.05) is 18.0 Å². The fourth-order valence-corrected chi connectivity index (χ4v) is 3.16. The molecule has 0 aliphatic heterocycles. The number of nitrogens with two attached hydrogens (primary N) is 1. The summed E-state index contributed by atoms with van der Waals surface area (Å²) in [5.74, 6) is 0. The number of hydrogen-bond donors (Lipinski definition) is 1. The van der Waals surface area contributed by atoms with Crippen LogP contribution in [0.2, 0.25) is 0 Å². The Morgan fingerprint density at radius 3 is 2.73 bits per heavy atom. The lowest BCUT2D eigenvalue weighted by molar-refractivity contribution is 0.551. The third kappa shape index (κ3) is 3.13. The number of benzene rings is 1. The molecule has 0 bridgehead atoms. The number of nitrogens with zero attached hydrogens (tertiary/aromatic N) is 4. The Labute approximate surface area is 153 Å². The first-order valence-corrected chi connectivity index (χ1v) is 9.62. The van der Waals surface area contributed by atoms with Crippen molar-refractivity contribution >= 4 is 21.8 Å². The van der Waals surface area contributed by atoms with Crippen molar-refractivity contribution in [3.63, 3.8) is 0 Å². The molecule has 2 N–H and O–H groups in total. The van der Waals surface area contributed by atoms with Gasteiger partial charge in [0.15, 0.2) is 5.65 Å². The average molecular weight is 371 g/mol. The highest BCUT2D eigenvalue weighted by molar-refractivity contribution is 7.84.